The molecule has 3 aromatic heterocycles. The molecule has 0 saturated carbocycles. The van der Waals surface area contributed by atoms with Crippen LogP contribution in [0.4, 0.5) is 4.39 Å². The number of benzene rings is 3. The van der Waals surface area contributed by atoms with Crippen LogP contribution in [-0.2, 0) is 12.5 Å². The third-order valence-electron chi connectivity index (χ3n) is 7.31. The first-order chi connectivity index (χ1) is 18.2. The van der Waals surface area contributed by atoms with Crippen molar-refractivity contribution in [2.75, 3.05) is 0 Å². The highest BCUT2D eigenvalue weighted by Crippen LogP contribution is 2.39. The van der Waals surface area contributed by atoms with E-state index in [4.69, 9.17) is 9.40 Å². The molecule has 0 atom stereocenters. The van der Waals surface area contributed by atoms with Crippen LogP contribution in [0.5, 0.6) is 0 Å². The van der Waals surface area contributed by atoms with E-state index in [2.05, 4.69) is 69.3 Å². The lowest BCUT2D eigenvalue weighted by Gasteiger charge is -2.19. The zero-order valence-electron chi connectivity index (χ0n) is 22.3. The van der Waals surface area contributed by atoms with Gasteiger partial charge in [0.25, 0.3) is 0 Å². The molecular formula is C34H30FN2O+. The lowest BCUT2D eigenvalue weighted by molar-refractivity contribution is -0.660. The number of hydrogen-bond donors (Lipinski definition) is 0. The van der Waals surface area contributed by atoms with Gasteiger partial charge in [-0.3, -0.25) is 0 Å². The summed E-state index contributed by atoms with van der Waals surface area (Å²) in [5, 5.41) is 1.15. The van der Waals surface area contributed by atoms with Gasteiger partial charge in [-0.25, -0.2) is 13.9 Å². The van der Waals surface area contributed by atoms with E-state index < -0.39 is 0 Å². The maximum Gasteiger partial charge on any atom is 0.228 e. The Hall–Kier alpha value is -4.31. The fraction of sp³-hybridized carbons (Fsp3) is 0.176. The van der Waals surface area contributed by atoms with Crippen molar-refractivity contribution in [3.63, 3.8) is 0 Å². The highest BCUT2D eigenvalue weighted by molar-refractivity contribution is 6.09. The third kappa shape index (κ3) is 4.06. The van der Waals surface area contributed by atoms with Crippen molar-refractivity contribution < 1.29 is 13.4 Å². The monoisotopic (exact) mass is 501 g/mol. The summed E-state index contributed by atoms with van der Waals surface area (Å²) in [4.78, 5) is 4.82. The van der Waals surface area contributed by atoms with Crippen LogP contribution in [0.1, 0.15) is 31.9 Å². The van der Waals surface area contributed by atoms with E-state index in [1.165, 1.54) is 11.1 Å². The Kier molecular flexibility index (Phi) is 5.64. The average Bonchev–Trinajstić information content (AvgIpc) is 3.28. The van der Waals surface area contributed by atoms with Gasteiger partial charge in [0.1, 0.15) is 12.9 Å². The highest BCUT2D eigenvalue weighted by Gasteiger charge is 2.24. The molecule has 0 aliphatic carbocycles. The minimum Gasteiger partial charge on any atom is -0.437 e. The fourth-order valence-electron chi connectivity index (χ4n) is 5.17. The summed E-state index contributed by atoms with van der Waals surface area (Å²) in [6, 6.07) is 28.5. The first-order valence-electron chi connectivity index (χ1n) is 12.9. The molecule has 0 N–H and O–H groups in total. The van der Waals surface area contributed by atoms with Gasteiger partial charge < -0.3 is 4.42 Å². The van der Waals surface area contributed by atoms with Crippen LogP contribution < -0.4 is 4.57 Å². The van der Waals surface area contributed by atoms with Crippen LogP contribution in [0.2, 0.25) is 0 Å². The van der Waals surface area contributed by atoms with E-state index in [1.807, 2.05) is 55.1 Å². The quantitative estimate of drug-likeness (QED) is 0.227. The Morgan fingerprint density at radius 2 is 1.58 bits per heavy atom. The molecule has 3 nitrogen and oxygen atoms in total. The predicted molar refractivity (Wildman–Crippen MR) is 152 cm³/mol. The third-order valence-corrected chi connectivity index (χ3v) is 7.31. The number of nitrogens with zero attached hydrogens (tertiary/aromatic N) is 2. The summed E-state index contributed by atoms with van der Waals surface area (Å²) in [5.41, 5.74) is 9.14. The number of rotatable bonds is 3. The molecule has 3 heterocycles. The van der Waals surface area contributed by atoms with Crippen LogP contribution in [0.25, 0.3) is 55.7 Å². The molecule has 0 spiro atoms. The number of pyridine rings is 2. The van der Waals surface area contributed by atoms with Gasteiger partial charge in [-0.1, -0.05) is 69.3 Å². The molecule has 0 bridgehead atoms. The first-order valence-corrected chi connectivity index (χ1v) is 12.9. The van der Waals surface area contributed by atoms with E-state index >= 15 is 4.39 Å². The fourth-order valence-corrected chi connectivity index (χ4v) is 5.17. The van der Waals surface area contributed by atoms with Crippen molar-refractivity contribution in [3.8, 4) is 33.6 Å². The zero-order chi connectivity index (χ0) is 26.6. The molecule has 38 heavy (non-hydrogen) atoms. The highest BCUT2D eigenvalue weighted by atomic mass is 19.1. The maximum atomic E-state index is 15.2. The number of aryl methyl sites for hydroxylation is 2. The van der Waals surface area contributed by atoms with Crippen molar-refractivity contribution >= 4 is 22.1 Å². The Morgan fingerprint density at radius 1 is 0.816 bits per heavy atom. The van der Waals surface area contributed by atoms with Crippen molar-refractivity contribution in [3.05, 3.63) is 108 Å². The van der Waals surface area contributed by atoms with Gasteiger partial charge in [0.05, 0.1) is 22.0 Å². The van der Waals surface area contributed by atoms with Gasteiger partial charge >= 0.3 is 0 Å². The predicted octanol–water partition coefficient (Wildman–Crippen LogP) is 8.55. The van der Waals surface area contributed by atoms with Crippen molar-refractivity contribution in [1.82, 2.24) is 4.98 Å². The van der Waals surface area contributed by atoms with Crippen LogP contribution in [0.15, 0.2) is 95.5 Å². The molecule has 6 rings (SSSR count). The Morgan fingerprint density at radius 3 is 2.32 bits per heavy atom. The summed E-state index contributed by atoms with van der Waals surface area (Å²) in [5.74, 6) is -0.296. The largest absolute Gasteiger partial charge is 0.437 e. The standard InChI is InChI=1S/C34H30FN2O/c1-21-19-27(35)31-26-16-17-28(36-33(26)38-32(31)30(21)29-11-6-7-18-37(29)5)23-14-12-22(13-15-23)24-9-8-10-25(20-24)34(2,3)4/h6-20H,1-5H3/q+1. The van der Waals surface area contributed by atoms with E-state index in [0.29, 0.717) is 22.1 Å². The van der Waals surface area contributed by atoms with Crippen molar-refractivity contribution in [2.45, 2.75) is 33.1 Å². The molecule has 0 unspecified atom stereocenters. The van der Waals surface area contributed by atoms with Crippen molar-refractivity contribution in [2.24, 2.45) is 7.05 Å². The number of hydrogen-bond acceptors (Lipinski definition) is 2. The SMILES string of the molecule is Cc1cc(F)c2c(oc3nc(-c4ccc(-c5cccc(C(C)(C)C)c5)cc4)ccc32)c1-c1cccc[n+]1C. The second-order valence-corrected chi connectivity index (χ2v) is 11.0. The average molecular weight is 502 g/mol. The van der Waals surface area contributed by atoms with E-state index in [9.17, 15) is 0 Å². The number of furan rings is 1. The van der Waals surface area contributed by atoms with Crippen molar-refractivity contribution in [1.29, 1.82) is 0 Å². The van der Waals surface area contributed by atoms with Gasteiger partial charge in [-0.15, -0.1) is 0 Å². The van der Waals surface area contributed by atoms with E-state index in [-0.39, 0.29) is 11.2 Å². The number of aromatic nitrogens is 2. The lowest BCUT2D eigenvalue weighted by atomic mass is 9.85. The summed E-state index contributed by atoms with van der Waals surface area (Å²) < 4.78 is 23.6. The maximum absolute atomic E-state index is 15.2. The first kappa shape index (κ1) is 24.1. The number of fused-ring (bicyclic) bond motifs is 3. The normalized spacial score (nSPS) is 11.9. The van der Waals surface area contributed by atoms with Crippen LogP contribution in [0, 0.1) is 12.7 Å². The molecule has 0 radical (unpaired) electrons. The molecule has 0 amide bonds. The molecule has 0 saturated heterocycles. The van der Waals surface area contributed by atoms with Crippen LogP contribution >= 0.6 is 0 Å². The van der Waals surface area contributed by atoms with Gasteiger partial charge in [-0.2, -0.15) is 0 Å². The lowest BCUT2D eigenvalue weighted by Crippen LogP contribution is -2.30. The molecule has 4 heteroatoms. The molecule has 6 aromatic rings. The van der Waals surface area contributed by atoms with Crippen LogP contribution in [-0.4, -0.2) is 4.98 Å². The molecule has 0 aliphatic rings. The molecule has 3 aromatic carbocycles. The molecular weight excluding hydrogens is 471 g/mol. The van der Waals surface area contributed by atoms with Gasteiger partial charge in [0, 0.05) is 17.7 Å². The van der Waals surface area contributed by atoms with Crippen LogP contribution in [0.3, 0.4) is 0 Å². The van der Waals surface area contributed by atoms with E-state index in [0.717, 1.165) is 33.6 Å². The van der Waals surface area contributed by atoms with E-state index in [1.54, 1.807) is 6.07 Å². The molecule has 188 valence electrons. The number of halogens is 1. The Balaban J connectivity index is 1.43. The Bertz CT molecular complexity index is 1820. The smallest absolute Gasteiger partial charge is 0.228 e. The second-order valence-electron chi connectivity index (χ2n) is 11.0. The van der Waals surface area contributed by atoms with Gasteiger partial charge in [-0.05, 0) is 58.9 Å². The minimum absolute atomic E-state index is 0.0949. The topological polar surface area (TPSA) is 29.9 Å². The Labute approximate surface area is 222 Å². The summed E-state index contributed by atoms with van der Waals surface area (Å²) in [6.07, 6.45) is 1.98. The minimum atomic E-state index is -0.296. The van der Waals surface area contributed by atoms with Gasteiger partial charge in [0.2, 0.25) is 11.4 Å². The summed E-state index contributed by atoms with van der Waals surface area (Å²) >= 11 is 0. The summed E-state index contributed by atoms with van der Waals surface area (Å²) in [7, 11) is 1.98. The second kappa shape index (κ2) is 8.91. The molecule has 0 aliphatic heterocycles. The molecule has 0 fully saturated rings. The van der Waals surface area contributed by atoms with Gasteiger partial charge in [0.15, 0.2) is 11.8 Å². The summed E-state index contributed by atoms with van der Waals surface area (Å²) in [6.45, 7) is 8.59. The zero-order valence-corrected chi connectivity index (χ0v) is 22.3.